The molecule has 2 aliphatic rings. The van der Waals surface area contributed by atoms with E-state index in [4.69, 9.17) is 9.47 Å². The second kappa shape index (κ2) is 28.7. The Morgan fingerprint density at radius 3 is 1.17 bits per heavy atom. The highest BCUT2D eigenvalue weighted by atomic mass is 16.8. The summed E-state index contributed by atoms with van der Waals surface area (Å²) in [5.41, 5.74) is 0. The molecule has 0 radical (unpaired) electrons. The van der Waals surface area contributed by atoms with Crippen LogP contribution in [-0.2, 0) is 9.47 Å². The third-order valence-electron chi connectivity index (χ3n) is 10.4. The summed E-state index contributed by atoms with van der Waals surface area (Å²) in [6.45, 7) is 4.54. The van der Waals surface area contributed by atoms with Gasteiger partial charge in [0.25, 0.3) is 0 Å². The van der Waals surface area contributed by atoms with Crippen LogP contribution in [0, 0.1) is 0 Å². The molecule has 47 heavy (non-hydrogen) atoms. The predicted octanol–water partition coefficient (Wildman–Crippen LogP) is 13.6. The first kappa shape index (κ1) is 42.0. The van der Waals surface area contributed by atoms with Crippen LogP contribution >= 0.6 is 0 Å². The van der Waals surface area contributed by atoms with Crippen LogP contribution in [0.15, 0.2) is 48.6 Å². The van der Waals surface area contributed by atoms with Crippen molar-refractivity contribution >= 4 is 0 Å². The van der Waals surface area contributed by atoms with Crippen LogP contribution in [0.25, 0.3) is 0 Å². The Balaban J connectivity index is 1.55. The summed E-state index contributed by atoms with van der Waals surface area (Å²) in [6, 6.07) is 0.603. The second-order valence-corrected chi connectivity index (χ2v) is 15.0. The molecule has 0 amide bonds. The summed E-state index contributed by atoms with van der Waals surface area (Å²) < 4.78 is 13.7. The molecule has 3 heteroatoms. The lowest BCUT2D eigenvalue weighted by molar-refractivity contribution is -0.193. The Hall–Kier alpha value is -1.16. The molecule has 1 saturated heterocycles. The summed E-state index contributed by atoms with van der Waals surface area (Å²) in [5, 5.41) is 0. The van der Waals surface area contributed by atoms with Crippen LogP contribution in [0.3, 0.4) is 0 Å². The van der Waals surface area contributed by atoms with Gasteiger partial charge in [-0.25, -0.2) is 0 Å². The smallest absolute Gasteiger partial charge is 0.169 e. The number of unbranched alkanes of at least 4 members (excludes halogenated alkanes) is 18. The van der Waals surface area contributed by atoms with Gasteiger partial charge in [0, 0.05) is 18.9 Å². The van der Waals surface area contributed by atoms with Gasteiger partial charge in [-0.2, -0.15) is 0 Å². The van der Waals surface area contributed by atoms with Crippen LogP contribution in [-0.4, -0.2) is 43.0 Å². The number of rotatable bonds is 31. The van der Waals surface area contributed by atoms with E-state index in [1.165, 1.54) is 141 Å². The van der Waals surface area contributed by atoms with Gasteiger partial charge in [-0.3, -0.25) is 0 Å². The molecule has 0 unspecified atom stereocenters. The Labute approximate surface area is 294 Å². The van der Waals surface area contributed by atoms with E-state index in [1.807, 2.05) is 0 Å². The highest BCUT2D eigenvalue weighted by Gasteiger charge is 2.51. The summed E-state index contributed by atoms with van der Waals surface area (Å²) >= 11 is 0. The van der Waals surface area contributed by atoms with E-state index in [-0.39, 0.29) is 5.79 Å². The van der Waals surface area contributed by atoms with Gasteiger partial charge >= 0.3 is 0 Å². The molecule has 1 aliphatic heterocycles. The van der Waals surface area contributed by atoms with Crippen molar-refractivity contribution in [2.75, 3.05) is 14.1 Å². The fourth-order valence-electron chi connectivity index (χ4n) is 7.31. The van der Waals surface area contributed by atoms with Gasteiger partial charge in [-0.05, 0) is 104 Å². The molecule has 2 rings (SSSR count). The number of nitrogens with zero attached hydrogens (tertiary/aromatic N) is 1. The number of hydrogen-bond donors (Lipinski definition) is 0. The SMILES string of the molecule is CCCCC/C=C\C/C=C\CCCCCCCCC1(CCCCCCCC/C=C\C/C=C\CCCCC)O[C@H]2C[C@@H](N(C)C)C[C@H]2O1. The number of allylic oxidation sites excluding steroid dienone is 8. The first-order chi connectivity index (χ1) is 23.1. The van der Waals surface area contributed by atoms with E-state index in [9.17, 15) is 0 Å². The predicted molar refractivity (Wildman–Crippen MR) is 207 cm³/mol. The summed E-state index contributed by atoms with van der Waals surface area (Å²) in [6.07, 6.45) is 55.0. The minimum Gasteiger partial charge on any atom is -0.344 e. The number of fused-ring (bicyclic) bond motifs is 1. The maximum Gasteiger partial charge on any atom is 0.169 e. The molecule has 3 nitrogen and oxygen atoms in total. The molecule has 0 N–H and O–H groups in total. The maximum atomic E-state index is 6.83. The minimum absolute atomic E-state index is 0.302. The molecule has 1 saturated carbocycles. The lowest BCUT2D eigenvalue weighted by Crippen LogP contribution is -2.34. The first-order valence-electron chi connectivity index (χ1n) is 20.7. The van der Waals surface area contributed by atoms with Crippen LogP contribution in [0.4, 0.5) is 0 Å². The van der Waals surface area contributed by atoms with E-state index < -0.39 is 0 Å². The van der Waals surface area contributed by atoms with Gasteiger partial charge in [0.2, 0.25) is 0 Å². The largest absolute Gasteiger partial charge is 0.344 e. The van der Waals surface area contributed by atoms with Crippen LogP contribution in [0.1, 0.15) is 194 Å². The molecular formula is C44H79NO2. The molecule has 1 aliphatic carbocycles. The maximum absolute atomic E-state index is 6.83. The molecular weight excluding hydrogens is 574 g/mol. The van der Waals surface area contributed by atoms with Crippen molar-refractivity contribution in [1.29, 1.82) is 0 Å². The Morgan fingerprint density at radius 1 is 0.468 bits per heavy atom. The highest BCUT2D eigenvalue weighted by Crippen LogP contribution is 2.44. The van der Waals surface area contributed by atoms with Crippen LogP contribution in [0.2, 0.25) is 0 Å². The van der Waals surface area contributed by atoms with Crippen molar-refractivity contribution in [3.05, 3.63) is 48.6 Å². The highest BCUT2D eigenvalue weighted by molar-refractivity contribution is 4.97. The molecule has 0 aromatic heterocycles. The van der Waals surface area contributed by atoms with Crippen molar-refractivity contribution in [2.45, 2.75) is 218 Å². The average Bonchev–Trinajstić information content (AvgIpc) is 3.61. The summed E-state index contributed by atoms with van der Waals surface area (Å²) in [4.78, 5) is 2.36. The first-order valence-corrected chi connectivity index (χ1v) is 20.7. The van der Waals surface area contributed by atoms with Crippen molar-refractivity contribution in [3.63, 3.8) is 0 Å². The topological polar surface area (TPSA) is 21.7 Å². The van der Waals surface area contributed by atoms with Crippen molar-refractivity contribution in [3.8, 4) is 0 Å². The van der Waals surface area contributed by atoms with Crippen molar-refractivity contribution in [1.82, 2.24) is 4.90 Å². The summed E-state index contributed by atoms with van der Waals surface area (Å²) in [5.74, 6) is -0.308. The zero-order valence-corrected chi connectivity index (χ0v) is 31.9. The van der Waals surface area contributed by atoms with E-state index in [0.29, 0.717) is 18.2 Å². The molecule has 272 valence electrons. The van der Waals surface area contributed by atoms with Gasteiger partial charge in [0.1, 0.15) is 0 Å². The third-order valence-corrected chi connectivity index (χ3v) is 10.4. The summed E-state index contributed by atoms with van der Waals surface area (Å²) in [7, 11) is 4.40. The normalized spacial score (nSPS) is 21.2. The molecule has 0 bridgehead atoms. The number of hydrogen-bond acceptors (Lipinski definition) is 3. The minimum atomic E-state index is -0.308. The third kappa shape index (κ3) is 20.8. The lowest BCUT2D eigenvalue weighted by Gasteiger charge is -2.31. The number of ether oxygens (including phenoxy) is 2. The van der Waals surface area contributed by atoms with Crippen LogP contribution < -0.4 is 0 Å². The molecule has 0 spiro atoms. The van der Waals surface area contributed by atoms with Gasteiger partial charge in [0.05, 0.1) is 12.2 Å². The average molecular weight is 654 g/mol. The van der Waals surface area contributed by atoms with E-state index in [1.54, 1.807) is 0 Å². The Kier molecular flexibility index (Phi) is 25.6. The van der Waals surface area contributed by atoms with E-state index in [0.717, 1.165) is 38.5 Å². The zero-order valence-electron chi connectivity index (χ0n) is 31.9. The second-order valence-electron chi connectivity index (χ2n) is 15.0. The molecule has 2 fully saturated rings. The molecule has 0 aromatic rings. The molecule has 3 atom stereocenters. The van der Waals surface area contributed by atoms with E-state index in [2.05, 4.69) is 81.5 Å². The Morgan fingerprint density at radius 2 is 0.809 bits per heavy atom. The van der Waals surface area contributed by atoms with Gasteiger partial charge in [0.15, 0.2) is 5.79 Å². The van der Waals surface area contributed by atoms with E-state index >= 15 is 0 Å². The van der Waals surface area contributed by atoms with Gasteiger partial charge < -0.3 is 14.4 Å². The zero-order chi connectivity index (χ0) is 33.7. The van der Waals surface area contributed by atoms with Crippen LogP contribution in [0.5, 0.6) is 0 Å². The fourth-order valence-corrected chi connectivity index (χ4v) is 7.31. The monoisotopic (exact) mass is 654 g/mol. The standard InChI is InChI=1S/C44H79NO2/c1-5-7-9-11-13-15-17-19-21-23-25-27-29-31-33-35-37-44(46-42-39-41(45(3)4)40-43(42)47-44)38-36-34-32-30-28-26-24-22-20-18-16-14-12-10-8-6-2/h13-16,19-22,41-43H,5-12,17-18,23-40H2,1-4H3/b15-13-,16-14-,21-19-,22-20-/t41-,42+,43-. The Bertz CT molecular complexity index is 763. The van der Waals surface area contributed by atoms with Gasteiger partial charge in [-0.1, -0.05) is 140 Å². The van der Waals surface area contributed by atoms with Crippen molar-refractivity contribution in [2.24, 2.45) is 0 Å². The van der Waals surface area contributed by atoms with Crippen molar-refractivity contribution < 1.29 is 9.47 Å². The lowest BCUT2D eigenvalue weighted by atomic mass is 9.98. The van der Waals surface area contributed by atoms with Gasteiger partial charge in [-0.15, -0.1) is 0 Å². The molecule has 0 aromatic carbocycles. The fraction of sp³-hybridized carbons (Fsp3) is 0.818. The molecule has 1 heterocycles. The quantitative estimate of drug-likeness (QED) is 0.0549.